The zero-order valence-corrected chi connectivity index (χ0v) is 32.3. The maximum Gasteiger partial charge on any atom is 0.220 e. The Kier molecular flexibility index (Phi) is 26.7. The van der Waals surface area contributed by atoms with Crippen molar-refractivity contribution in [3.05, 3.63) is 12.2 Å². The first kappa shape index (κ1) is 46.3. The fourth-order valence-electron chi connectivity index (χ4n) is 7.31. The zero-order chi connectivity index (χ0) is 36.9. The number of hydrogen-bond donors (Lipinski definition) is 3. The van der Waals surface area contributed by atoms with E-state index >= 15 is 0 Å². The van der Waals surface area contributed by atoms with Crippen molar-refractivity contribution in [1.82, 2.24) is 0 Å². The van der Waals surface area contributed by atoms with Gasteiger partial charge in [0, 0.05) is 25.7 Å². The monoisotopic (exact) mass is 705 g/mol. The van der Waals surface area contributed by atoms with Gasteiger partial charge in [0.2, 0.25) is 5.60 Å². The first-order valence-electron chi connectivity index (χ1n) is 21.1. The van der Waals surface area contributed by atoms with E-state index in [1.165, 1.54) is 103 Å². The molecule has 0 amide bonds. The van der Waals surface area contributed by atoms with Gasteiger partial charge in [-0.1, -0.05) is 167 Å². The van der Waals surface area contributed by atoms with Crippen LogP contribution in [0, 0.1) is 0 Å². The lowest BCUT2D eigenvalue weighted by Gasteiger charge is -2.40. The van der Waals surface area contributed by atoms with Gasteiger partial charge in [-0.05, 0) is 38.5 Å². The topological polar surface area (TPSA) is 129 Å². The van der Waals surface area contributed by atoms with Crippen LogP contribution in [-0.2, 0) is 19.2 Å². The van der Waals surface area contributed by atoms with Crippen LogP contribution in [0.2, 0.25) is 0 Å². The molecule has 7 heteroatoms. The van der Waals surface area contributed by atoms with Gasteiger partial charge in [0.25, 0.3) is 0 Å². The summed E-state index contributed by atoms with van der Waals surface area (Å²) in [5.74, 6) is -3.86. The molecule has 1 rings (SSSR count). The number of carbonyl (C=O) groups excluding carboxylic acids is 4. The Balaban J connectivity index is 2.40. The molecule has 0 spiro atoms. The van der Waals surface area contributed by atoms with Crippen LogP contribution < -0.4 is 0 Å². The predicted molar refractivity (Wildman–Crippen MR) is 204 cm³/mol. The third-order valence-electron chi connectivity index (χ3n) is 10.8. The van der Waals surface area contributed by atoms with Crippen molar-refractivity contribution < 1.29 is 34.5 Å². The van der Waals surface area contributed by atoms with E-state index in [4.69, 9.17) is 0 Å². The minimum atomic E-state index is -3.16. The van der Waals surface area contributed by atoms with Gasteiger partial charge >= 0.3 is 0 Å². The Morgan fingerprint density at radius 2 is 0.900 bits per heavy atom. The molecule has 1 aliphatic carbocycles. The number of aliphatic hydroxyl groups excluding tert-OH is 1. The van der Waals surface area contributed by atoms with Crippen LogP contribution >= 0.6 is 0 Å². The van der Waals surface area contributed by atoms with E-state index in [9.17, 15) is 34.5 Å². The lowest BCUT2D eigenvalue weighted by molar-refractivity contribution is -0.202. The lowest BCUT2D eigenvalue weighted by Crippen LogP contribution is -2.72. The van der Waals surface area contributed by atoms with Crippen LogP contribution in [0.25, 0.3) is 0 Å². The molecule has 1 fully saturated rings. The van der Waals surface area contributed by atoms with Crippen molar-refractivity contribution in [1.29, 1.82) is 0 Å². The molecule has 0 aliphatic heterocycles. The summed E-state index contributed by atoms with van der Waals surface area (Å²) in [7, 11) is 0. The number of allylic oxidation sites excluding steroid dienone is 2. The maximum absolute atomic E-state index is 13.4. The summed E-state index contributed by atoms with van der Waals surface area (Å²) in [4.78, 5) is 51.8. The molecular formula is C43H76O7. The van der Waals surface area contributed by atoms with Crippen LogP contribution in [0.15, 0.2) is 12.2 Å². The van der Waals surface area contributed by atoms with Gasteiger partial charge in [-0.3, -0.25) is 19.2 Å². The minimum Gasteiger partial charge on any atom is -0.382 e. The summed E-state index contributed by atoms with van der Waals surface area (Å²) in [6.07, 6.45) is 32.6. The molecule has 0 radical (unpaired) electrons. The van der Waals surface area contributed by atoms with Crippen LogP contribution in [0.5, 0.6) is 0 Å². The summed E-state index contributed by atoms with van der Waals surface area (Å²) in [5, 5.41) is 33.7. The first-order valence-corrected chi connectivity index (χ1v) is 21.1. The molecule has 0 heterocycles. The number of Topliss-reactive ketones (excluding diaryl/α,β-unsaturated/α-hetero) is 4. The average molecular weight is 705 g/mol. The predicted octanol–water partition coefficient (Wildman–Crippen LogP) is 10.2. The molecule has 50 heavy (non-hydrogen) atoms. The average Bonchev–Trinajstić information content (AvgIpc) is 3.38. The van der Waals surface area contributed by atoms with Crippen LogP contribution in [0.4, 0.5) is 0 Å². The van der Waals surface area contributed by atoms with Crippen LogP contribution in [0.1, 0.15) is 219 Å². The quantitative estimate of drug-likeness (QED) is 0.0340. The standard InChI is InChI=1S/C43H76O7/c1-3-5-7-9-11-13-15-17-19-21-23-25-27-29-31-33-37(44)41(48)43(50,42(49)39(46)35-36-40(42)47)38(45)34-32-30-28-26-24-22-20-18-16-14-12-10-8-6-4-2/h18,20,41,48-50H,3-17,19,21-36H2,1-2H3/b20-18-. The number of hydrogen-bond acceptors (Lipinski definition) is 7. The molecule has 0 saturated heterocycles. The van der Waals surface area contributed by atoms with Gasteiger partial charge in [-0.15, -0.1) is 0 Å². The number of carbonyl (C=O) groups is 4. The van der Waals surface area contributed by atoms with Gasteiger partial charge in [0.1, 0.15) is 0 Å². The molecular weight excluding hydrogens is 628 g/mol. The second kappa shape index (κ2) is 28.8. The van der Waals surface area contributed by atoms with Crippen LogP contribution in [-0.4, -0.2) is 55.8 Å². The highest BCUT2D eigenvalue weighted by Gasteiger charge is 2.69. The van der Waals surface area contributed by atoms with Crippen molar-refractivity contribution in [2.24, 2.45) is 0 Å². The molecule has 2 unspecified atom stereocenters. The molecule has 2 atom stereocenters. The first-order chi connectivity index (χ1) is 24.2. The van der Waals surface area contributed by atoms with Crippen LogP contribution in [0.3, 0.4) is 0 Å². The van der Waals surface area contributed by atoms with Gasteiger partial charge < -0.3 is 15.3 Å². The molecule has 1 aliphatic rings. The second-order valence-electron chi connectivity index (χ2n) is 15.1. The summed E-state index contributed by atoms with van der Waals surface area (Å²) >= 11 is 0. The van der Waals surface area contributed by atoms with Crippen molar-refractivity contribution >= 4 is 23.1 Å². The van der Waals surface area contributed by atoms with E-state index in [1.807, 2.05) is 0 Å². The summed E-state index contributed by atoms with van der Waals surface area (Å²) < 4.78 is 0. The van der Waals surface area contributed by atoms with Gasteiger partial charge in [-0.2, -0.15) is 0 Å². The normalized spacial score (nSPS) is 16.3. The van der Waals surface area contributed by atoms with Gasteiger partial charge in [0.05, 0.1) is 0 Å². The zero-order valence-electron chi connectivity index (χ0n) is 32.3. The molecule has 0 aromatic heterocycles. The number of aliphatic hydroxyl groups is 3. The fraction of sp³-hybridized carbons (Fsp3) is 0.860. The highest BCUT2D eigenvalue weighted by molar-refractivity contribution is 6.21. The maximum atomic E-state index is 13.4. The fourth-order valence-corrected chi connectivity index (χ4v) is 7.31. The molecule has 290 valence electrons. The Labute approximate surface area is 305 Å². The van der Waals surface area contributed by atoms with E-state index in [0.717, 1.165) is 57.8 Å². The minimum absolute atomic E-state index is 0.0964. The van der Waals surface area contributed by atoms with E-state index in [2.05, 4.69) is 26.0 Å². The van der Waals surface area contributed by atoms with E-state index < -0.39 is 40.4 Å². The van der Waals surface area contributed by atoms with Crippen molar-refractivity contribution in [3.63, 3.8) is 0 Å². The smallest absolute Gasteiger partial charge is 0.220 e. The van der Waals surface area contributed by atoms with Crippen molar-refractivity contribution in [2.45, 2.75) is 237 Å². The number of unbranched alkanes of at least 4 members (excludes halogenated alkanes) is 25. The van der Waals surface area contributed by atoms with E-state index in [1.54, 1.807) is 0 Å². The largest absolute Gasteiger partial charge is 0.382 e. The Bertz CT molecular complexity index is 941. The summed E-state index contributed by atoms with van der Waals surface area (Å²) in [6.45, 7) is 4.47. The third-order valence-corrected chi connectivity index (χ3v) is 10.8. The molecule has 1 saturated carbocycles. The lowest BCUT2D eigenvalue weighted by atomic mass is 9.70. The molecule has 0 bridgehead atoms. The highest BCUT2D eigenvalue weighted by Crippen LogP contribution is 2.38. The highest BCUT2D eigenvalue weighted by atomic mass is 16.4. The summed E-state index contributed by atoms with van der Waals surface area (Å²) in [6, 6.07) is 0. The van der Waals surface area contributed by atoms with Gasteiger partial charge in [-0.25, -0.2) is 0 Å². The van der Waals surface area contributed by atoms with E-state index in [0.29, 0.717) is 19.3 Å². The number of ketones is 4. The summed E-state index contributed by atoms with van der Waals surface area (Å²) in [5.41, 5.74) is -6.25. The Hall–Kier alpha value is -1.70. The molecule has 7 nitrogen and oxygen atoms in total. The molecule has 0 aromatic carbocycles. The Morgan fingerprint density at radius 3 is 1.28 bits per heavy atom. The Morgan fingerprint density at radius 1 is 0.580 bits per heavy atom. The van der Waals surface area contributed by atoms with Crippen molar-refractivity contribution in [3.8, 4) is 0 Å². The second-order valence-corrected chi connectivity index (χ2v) is 15.1. The molecule has 0 aromatic rings. The van der Waals surface area contributed by atoms with E-state index in [-0.39, 0.29) is 25.7 Å². The van der Waals surface area contributed by atoms with Crippen molar-refractivity contribution in [2.75, 3.05) is 0 Å². The third kappa shape index (κ3) is 17.2. The SMILES string of the molecule is CCCCCCCC/C=C\CCCCCCCC(=O)C(O)(C(O)C(=O)CCCCCCCCCCCCCCCCC)C1(O)C(=O)CCC1=O. The molecule has 3 N–H and O–H groups in total. The number of rotatable bonds is 35. The van der Waals surface area contributed by atoms with Gasteiger partial charge in [0.15, 0.2) is 34.8 Å².